The van der Waals surface area contributed by atoms with Gasteiger partial charge in [0.15, 0.2) is 0 Å². The Morgan fingerprint density at radius 3 is 1.50 bits per heavy atom. The Morgan fingerprint density at radius 2 is 1.20 bits per heavy atom. The SMILES string of the molecule is C=C1CC(C)=C(C)CC1=C. The molecule has 54 valence electrons. The minimum absolute atomic E-state index is 1.03. The van der Waals surface area contributed by atoms with Crippen LogP contribution in [0, 0.1) is 0 Å². The van der Waals surface area contributed by atoms with Crippen LogP contribution in [0.25, 0.3) is 0 Å². The highest BCUT2D eigenvalue weighted by atomic mass is 14.2. The molecule has 0 aromatic carbocycles. The maximum absolute atomic E-state index is 3.95. The van der Waals surface area contributed by atoms with Crippen LogP contribution in [0.4, 0.5) is 0 Å². The Kier molecular flexibility index (Phi) is 1.80. The number of hydrogen-bond acceptors (Lipinski definition) is 0. The van der Waals surface area contributed by atoms with Crippen LogP contribution in [0.3, 0.4) is 0 Å². The van der Waals surface area contributed by atoms with E-state index in [0.29, 0.717) is 0 Å². The maximum Gasteiger partial charge on any atom is -0.00704 e. The van der Waals surface area contributed by atoms with Gasteiger partial charge in [-0.2, -0.15) is 0 Å². The summed E-state index contributed by atoms with van der Waals surface area (Å²) in [5.74, 6) is 0. The topological polar surface area (TPSA) is 0 Å². The molecule has 0 saturated carbocycles. The van der Waals surface area contributed by atoms with Gasteiger partial charge in [0.25, 0.3) is 0 Å². The van der Waals surface area contributed by atoms with E-state index in [1.54, 1.807) is 0 Å². The highest BCUT2D eigenvalue weighted by molar-refractivity contribution is 5.39. The lowest BCUT2D eigenvalue weighted by Crippen LogP contribution is -1.99. The molecule has 0 atom stereocenters. The van der Waals surface area contributed by atoms with Crippen molar-refractivity contribution in [1.82, 2.24) is 0 Å². The maximum atomic E-state index is 3.95. The summed E-state index contributed by atoms with van der Waals surface area (Å²) < 4.78 is 0. The lowest BCUT2D eigenvalue weighted by Gasteiger charge is -2.18. The fourth-order valence-electron chi connectivity index (χ4n) is 1.19. The second kappa shape index (κ2) is 2.45. The average molecular weight is 134 g/mol. The fraction of sp³-hybridized carbons (Fsp3) is 0.400. The van der Waals surface area contributed by atoms with E-state index in [9.17, 15) is 0 Å². The first-order chi connectivity index (χ1) is 4.61. The predicted molar refractivity (Wildman–Crippen MR) is 45.9 cm³/mol. The standard InChI is InChI=1S/C10H14/c1-7-5-9(3)10(4)6-8(7)2/h1-2,5-6H2,3-4H3. The summed E-state index contributed by atoms with van der Waals surface area (Å²) in [5, 5.41) is 0. The van der Waals surface area contributed by atoms with E-state index < -0.39 is 0 Å². The molecule has 0 heterocycles. The van der Waals surface area contributed by atoms with Gasteiger partial charge in [0.05, 0.1) is 0 Å². The Balaban J connectivity index is 2.89. The summed E-state index contributed by atoms with van der Waals surface area (Å²) in [5.41, 5.74) is 5.36. The summed E-state index contributed by atoms with van der Waals surface area (Å²) >= 11 is 0. The van der Waals surface area contributed by atoms with Crippen LogP contribution in [0.5, 0.6) is 0 Å². The molecule has 10 heavy (non-hydrogen) atoms. The second-order valence-electron chi connectivity index (χ2n) is 3.12. The van der Waals surface area contributed by atoms with Gasteiger partial charge in [-0.25, -0.2) is 0 Å². The minimum Gasteiger partial charge on any atom is -0.0952 e. The van der Waals surface area contributed by atoms with Crippen molar-refractivity contribution in [3.63, 3.8) is 0 Å². The molecule has 0 spiro atoms. The van der Waals surface area contributed by atoms with Crippen LogP contribution in [0.2, 0.25) is 0 Å². The van der Waals surface area contributed by atoms with E-state index in [1.807, 2.05) is 0 Å². The van der Waals surface area contributed by atoms with Gasteiger partial charge in [-0.3, -0.25) is 0 Å². The average Bonchev–Trinajstić information content (AvgIpc) is 1.84. The molecule has 1 aliphatic rings. The third-order valence-corrected chi connectivity index (χ3v) is 2.19. The summed E-state index contributed by atoms with van der Waals surface area (Å²) in [6.45, 7) is 12.2. The van der Waals surface area contributed by atoms with Gasteiger partial charge in [-0.1, -0.05) is 24.3 Å². The summed E-state index contributed by atoms with van der Waals surface area (Å²) in [7, 11) is 0. The molecule has 0 N–H and O–H groups in total. The first-order valence-electron chi connectivity index (χ1n) is 3.62. The Morgan fingerprint density at radius 1 is 0.900 bits per heavy atom. The second-order valence-corrected chi connectivity index (χ2v) is 3.12. The highest BCUT2D eigenvalue weighted by Crippen LogP contribution is 2.30. The van der Waals surface area contributed by atoms with Gasteiger partial charge < -0.3 is 0 Å². The molecule has 0 saturated heterocycles. The smallest absolute Gasteiger partial charge is 0.00704 e. The molecule has 0 fully saturated rings. The largest absolute Gasteiger partial charge is 0.0952 e. The molecule has 0 heteroatoms. The quantitative estimate of drug-likeness (QED) is 0.446. The molecule has 0 amide bonds. The van der Waals surface area contributed by atoms with Crippen molar-refractivity contribution in [2.45, 2.75) is 26.7 Å². The summed E-state index contributed by atoms with van der Waals surface area (Å²) in [4.78, 5) is 0. The normalized spacial score (nSPS) is 20.2. The molecule has 0 radical (unpaired) electrons. The molecule has 0 unspecified atom stereocenters. The zero-order valence-electron chi connectivity index (χ0n) is 6.83. The van der Waals surface area contributed by atoms with Gasteiger partial charge in [-0.15, -0.1) is 0 Å². The van der Waals surface area contributed by atoms with Crippen molar-refractivity contribution in [3.05, 3.63) is 35.5 Å². The van der Waals surface area contributed by atoms with Crippen molar-refractivity contribution in [1.29, 1.82) is 0 Å². The van der Waals surface area contributed by atoms with Crippen molar-refractivity contribution < 1.29 is 0 Å². The van der Waals surface area contributed by atoms with E-state index in [0.717, 1.165) is 12.8 Å². The van der Waals surface area contributed by atoms with Gasteiger partial charge in [-0.05, 0) is 37.8 Å². The van der Waals surface area contributed by atoms with Crippen LogP contribution in [0.1, 0.15) is 26.7 Å². The van der Waals surface area contributed by atoms with E-state index in [-0.39, 0.29) is 0 Å². The molecule has 0 bridgehead atoms. The van der Waals surface area contributed by atoms with Crippen LogP contribution in [0.15, 0.2) is 35.5 Å². The zero-order valence-corrected chi connectivity index (χ0v) is 6.83. The minimum atomic E-state index is 1.03. The zero-order chi connectivity index (χ0) is 7.72. The third-order valence-electron chi connectivity index (χ3n) is 2.19. The summed E-state index contributed by atoms with van der Waals surface area (Å²) in [6, 6.07) is 0. The van der Waals surface area contributed by atoms with Crippen LogP contribution < -0.4 is 0 Å². The number of allylic oxidation sites excluding steroid dienone is 4. The fourth-order valence-corrected chi connectivity index (χ4v) is 1.19. The molecule has 1 rings (SSSR count). The van der Waals surface area contributed by atoms with Crippen LogP contribution in [-0.2, 0) is 0 Å². The lowest BCUT2D eigenvalue weighted by molar-refractivity contribution is 0.950. The molecule has 0 nitrogen and oxygen atoms in total. The van der Waals surface area contributed by atoms with E-state index >= 15 is 0 Å². The number of hydrogen-bond donors (Lipinski definition) is 0. The molecule has 1 aliphatic carbocycles. The van der Waals surface area contributed by atoms with E-state index in [2.05, 4.69) is 27.0 Å². The van der Waals surface area contributed by atoms with Gasteiger partial charge in [0.1, 0.15) is 0 Å². The first-order valence-corrected chi connectivity index (χ1v) is 3.62. The van der Waals surface area contributed by atoms with Crippen molar-refractivity contribution in [3.8, 4) is 0 Å². The monoisotopic (exact) mass is 134 g/mol. The predicted octanol–water partition coefficient (Wildman–Crippen LogP) is 3.23. The van der Waals surface area contributed by atoms with Crippen LogP contribution in [-0.4, -0.2) is 0 Å². The van der Waals surface area contributed by atoms with Crippen molar-refractivity contribution in [2.24, 2.45) is 0 Å². The van der Waals surface area contributed by atoms with Gasteiger partial charge in [0, 0.05) is 0 Å². The molecule has 0 aromatic rings. The van der Waals surface area contributed by atoms with Gasteiger partial charge >= 0.3 is 0 Å². The van der Waals surface area contributed by atoms with E-state index in [4.69, 9.17) is 0 Å². The first kappa shape index (κ1) is 7.33. The molecule has 0 aromatic heterocycles. The molecule has 0 aliphatic heterocycles. The Hall–Kier alpha value is -0.780. The van der Waals surface area contributed by atoms with E-state index in [1.165, 1.54) is 22.3 Å². The Labute approximate surface area is 62.9 Å². The van der Waals surface area contributed by atoms with Crippen molar-refractivity contribution in [2.75, 3.05) is 0 Å². The molecular weight excluding hydrogens is 120 g/mol. The molecular formula is C10H14. The van der Waals surface area contributed by atoms with Crippen LogP contribution >= 0.6 is 0 Å². The van der Waals surface area contributed by atoms with Crippen molar-refractivity contribution >= 4 is 0 Å². The van der Waals surface area contributed by atoms with Gasteiger partial charge in [0.2, 0.25) is 0 Å². The third kappa shape index (κ3) is 1.21. The highest BCUT2D eigenvalue weighted by Gasteiger charge is 2.10. The lowest BCUT2D eigenvalue weighted by atomic mass is 9.87. The number of rotatable bonds is 0. The Bertz CT molecular complexity index is 192. The summed E-state index contributed by atoms with van der Waals surface area (Å²) in [6.07, 6.45) is 2.06.